The fourth-order valence-electron chi connectivity index (χ4n) is 1.59. The van der Waals surface area contributed by atoms with E-state index in [0.29, 0.717) is 5.02 Å². The van der Waals surface area contributed by atoms with Crippen LogP contribution >= 0.6 is 11.6 Å². The number of urea groups is 1. The summed E-state index contributed by atoms with van der Waals surface area (Å²) in [4.78, 5) is 33.8. The van der Waals surface area contributed by atoms with Gasteiger partial charge in [0.1, 0.15) is 5.92 Å². The summed E-state index contributed by atoms with van der Waals surface area (Å²) in [5, 5.41) is 4.70. The van der Waals surface area contributed by atoms with Crippen molar-refractivity contribution < 1.29 is 14.4 Å². The van der Waals surface area contributed by atoms with Crippen LogP contribution in [-0.2, 0) is 16.0 Å². The second kappa shape index (κ2) is 4.55. The van der Waals surface area contributed by atoms with Crippen LogP contribution in [0.5, 0.6) is 0 Å². The average Bonchev–Trinajstić information content (AvgIpc) is 2.26. The fourth-order valence-corrected chi connectivity index (χ4v) is 1.72. The van der Waals surface area contributed by atoms with Crippen LogP contribution in [-0.4, -0.2) is 17.8 Å². The molecule has 0 saturated carbocycles. The Labute approximate surface area is 102 Å². The molecule has 1 saturated heterocycles. The van der Waals surface area contributed by atoms with Gasteiger partial charge in [0, 0.05) is 5.02 Å². The van der Waals surface area contributed by atoms with Crippen molar-refractivity contribution in [1.29, 1.82) is 0 Å². The second-order valence-electron chi connectivity index (χ2n) is 3.69. The van der Waals surface area contributed by atoms with Gasteiger partial charge in [-0.3, -0.25) is 20.2 Å². The predicted octanol–water partition coefficient (Wildman–Crippen LogP) is 0.865. The Morgan fingerprint density at radius 1 is 1.00 bits per heavy atom. The van der Waals surface area contributed by atoms with Crippen molar-refractivity contribution in [2.24, 2.45) is 5.92 Å². The number of rotatable bonds is 2. The minimum atomic E-state index is -0.881. The van der Waals surface area contributed by atoms with E-state index < -0.39 is 23.8 Å². The van der Waals surface area contributed by atoms with Crippen molar-refractivity contribution in [2.45, 2.75) is 6.42 Å². The summed E-state index contributed by atoms with van der Waals surface area (Å²) in [6.45, 7) is 0. The second-order valence-corrected chi connectivity index (χ2v) is 4.13. The van der Waals surface area contributed by atoms with E-state index in [1.807, 2.05) is 0 Å². The van der Waals surface area contributed by atoms with Gasteiger partial charge in [0.2, 0.25) is 11.8 Å². The number of carbonyl (C=O) groups is 3. The topological polar surface area (TPSA) is 75.3 Å². The predicted molar refractivity (Wildman–Crippen MR) is 60.3 cm³/mol. The standard InChI is InChI=1S/C11H9ClN2O3/c12-7-3-1-6(2-4-7)5-8-9(15)13-11(17)14-10(8)16/h1-4,8H,5H2,(H2,13,14,15,16,17). The van der Waals surface area contributed by atoms with Gasteiger partial charge >= 0.3 is 6.03 Å². The van der Waals surface area contributed by atoms with Crippen LogP contribution in [0.3, 0.4) is 0 Å². The van der Waals surface area contributed by atoms with E-state index in [2.05, 4.69) is 10.6 Å². The lowest BCUT2D eigenvalue weighted by molar-refractivity contribution is -0.135. The Kier molecular flexibility index (Phi) is 3.10. The van der Waals surface area contributed by atoms with Crippen molar-refractivity contribution in [2.75, 3.05) is 0 Å². The number of hydrogen-bond acceptors (Lipinski definition) is 3. The van der Waals surface area contributed by atoms with Gasteiger partial charge in [-0.2, -0.15) is 0 Å². The summed E-state index contributed by atoms with van der Waals surface area (Å²) in [5.41, 5.74) is 0.805. The van der Waals surface area contributed by atoms with Gasteiger partial charge in [-0.25, -0.2) is 4.79 Å². The highest BCUT2D eigenvalue weighted by Crippen LogP contribution is 2.15. The van der Waals surface area contributed by atoms with E-state index in [0.717, 1.165) is 5.56 Å². The van der Waals surface area contributed by atoms with E-state index in [9.17, 15) is 14.4 Å². The zero-order chi connectivity index (χ0) is 12.4. The molecule has 2 N–H and O–H groups in total. The molecule has 0 aliphatic carbocycles. The van der Waals surface area contributed by atoms with Crippen LogP contribution in [0.25, 0.3) is 0 Å². The van der Waals surface area contributed by atoms with Crippen LogP contribution in [0.4, 0.5) is 4.79 Å². The molecular weight excluding hydrogens is 244 g/mol. The highest BCUT2D eigenvalue weighted by atomic mass is 35.5. The Hall–Kier alpha value is -1.88. The van der Waals surface area contributed by atoms with Crippen molar-refractivity contribution in [1.82, 2.24) is 10.6 Å². The molecule has 4 amide bonds. The summed E-state index contributed by atoms with van der Waals surface area (Å²) in [7, 11) is 0. The maximum atomic E-state index is 11.5. The molecular formula is C11H9ClN2O3. The first-order valence-corrected chi connectivity index (χ1v) is 5.34. The molecule has 0 radical (unpaired) electrons. The summed E-state index contributed by atoms with van der Waals surface area (Å²) < 4.78 is 0. The molecule has 88 valence electrons. The van der Waals surface area contributed by atoms with Crippen molar-refractivity contribution >= 4 is 29.4 Å². The molecule has 0 atom stereocenters. The molecule has 17 heavy (non-hydrogen) atoms. The molecule has 0 spiro atoms. The molecule has 5 nitrogen and oxygen atoms in total. The molecule has 1 aromatic carbocycles. The third kappa shape index (κ3) is 2.62. The average molecular weight is 253 g/mol. The first-order chi connectivity index (χ1) is 8.06. The molecule has 6 heteroatoms. The molecule has 0 unspecified atom stereocenters. The zero-order valence-electron chi connectivity index (χ0n) is 8.70. The summed E-state index contributed by atoms with van der Waals surface area (Å²) >= 11 is 5.73. The minimum Gasteiger partial charge on any atom is -0.277 e. The lowest BCUT2D eigenvalue weighted by Gasteiger charge is -2.20. The molecule has 0 bridgehead atoms. The maximum Gasteiger partial charge on any atom is 0.328 e. The number of benzene rings is 1. The van der Waals surface area contributed by atoms with Gasteiger partial charge in [-0.15, -0.1) is 0 Å². The van der Waals surface area contributed by atoms with Gasteiger partial charge < -0.3 is 0 Å². The minimum absolute atomic E-state index is 0.238. The summed E-state index contributed by atoms with van der Waals surface area (Å²) in [6, 6.07) is 6.06. The normalized spacial score (nSPS) is 16.6. The first-order valence-electron chi connectivity index (χ1n) is 4.96. The number of barbiturate groups is 1. The van der Waals surface area contributed by atoms with Gasteiger partial charge in [0.25, 0.3) is 0 Å². The number of nitrogens with one attached hydrogen (secondary N) is 2. The fraction of sp³-hybridized carbons (Fsp3) is 0.182. The lowest BCUT2D eigenvalue weighted by atomic mass is 9.96. The Balaban J connectivity index is 2.12. The van der Waals surface area contributed by atoms with E-state index in [1.165, 1.54) is 0 Å². The Morgan fingerprint density at radius 2 is 1.53 bits per heavy atom. The highest BCUT2D eigenvalue weighted by molar-refractivity contribution is 6.30. The van der Waals surface area contributed by atoms with E-state index >= 15 is 0 Å². The molecule has 2 rings (SSSR count). The number of halogens is 1. The van der Waals surface area contributed by atoms with Gasteiger partial charge in [-0.05, 0) is 24.1 Å². The van der Waals surface area contributed by atoms with E-state index in [4.69, 9.17) is 11.6 Å². The number of carbonyl (C=O) groups excluding carboxylic acids is 3. The quantitative estimate of drug-likeness (QED) is 0.767. The largest absolute Gasteiger partial charge is 0.328 e. The smallest absolute Gasteiger partial charge is 0.277 e. The lowest BCUT2D eigenvalue weighted by Crippen LogP contribution is -2.56. The van der Waals surface area contributed by atoms with Crippen molar-refractivity contribution in [3.05, 3.63) is 34.9 Å². The summed E-state index contributed by atoms with van der Waals surface area (Å²) in [6.07, 6.45) is 0.238. The maximum absolute atomic E-state index is 11.5. The van der Waals surface area contributed by atoms with Crippen LogP contribution < -0.4 is 10.6 Å². The molecule has 1 aliphatic rings. The van der Waals surface area contributed by atoms with Crippen molar-refractivity contribution in [3.8, 4) is 0 Å². The number of amides is 4. The third-order valence-corrected chi connectivity index (χ3v) is 2.71. The van der Waals surface area contributed by atoms with Crippen LogP contribution in [0.1, 0.15) is 5.56 Å². The Bertz CT molecular complexity index is 464. The molecule has 1 fully saturated rings. The van der Waals surface area contributed by atoms with E-state index in [-0.39, 0.29) is 6.42 Å². The van der Waals surface area contributed by atoms with Gasteiger partial charge in [0.05, 0.1) is 0 Å². The molecule has 1 aromatic rings. The van der Waals surface area contributed by atoms with Crippen LogP contribution in [0.2, 0.25) is 5.02 Å². The third-order valence-electron chi connectivity index (χ3n) is 2.46. The van der Waals surface area contributed by atoms with E-state index in [1.54, 1.807) is 24.3 Å². The number of imide groups is 2. The molecule has 1 aliphatic heterocycles. The van der Waals surface area contributed by atoms with Crippen LogP contribution in [0.15, 0.2) is 24.3 Å². The zero-order valence-corrected chi connectivity index (χ0v) is 9.45. The number of hydrogen-bond donors (Lipinski definition) is 2. The Morgan fingerprint density at radius 3 is 2.06 bits per heavy atom. The highest BCUT2D eigenvalue weighted by Gasteiger charge is 2.33. The molecule has 0 aromatic heterocycles. The SMILES string of the molecule is O=C1NC(=O)C(Cc2ccc(Cl)cc2)C(=O)N1. The van der Waals surface area contributed by atoms with Gasteiger partial charge in [0.15, 0.2) is 0 Å². The monoisotopic (exact) mass is 252 g/mol. The first kappa shape index (κ1) is 11.6. The molecule has 1 heterocycles. The van der Waals surface area contributed by atoms with Crippen LogP contribution in [0, 0.1) is 5.92 Å². The summed E-state index contributed by atoms with van der Waals surface area (Å²) in [5.74, 6) is -2.03. The van der Waals surface area contributed by atoms with Gasteiger partial charge in [-0.1, -0.05) is 23.7 Å². The van der Waals surface area contributed by atoms with Crippen molar-refractivity contribution in [3.63, 3.8) is 0 Å².